The van der Waals surface area contributed by atoms with Gasteiger partial charge in [-0.2, -0.15) is 0 Å². The first-order valence-corrected chi connectivity index (χ1v) is 8.71. The fraction of sp³-hybridized carbons (Fsp3) is 0.158. The molecule has 122 valence electrons. The second-order valence-corrected chi connectivity index (χ2v) is 6.01. The van der Waals surface area contributed by atoms with Crippen LogP contribution in [0.25, 0.3) is 22.3 Å². The molecule has 0 unspecified atom stereocenters. The highest BCUT2D eigenvalue weighted by Crippen LogP contribution is 2.30. The van der Waals surface area contributed by atoms with Gasteiger partial charge in [-0.3, -0.25) is 9.59 Å². The molecule has 0 saturated carbocycles. The molecule has 2 aromatic carbocycles. The number of fused-ring (bicyclic) bond motifs is 1. The SMILES string of the molecule is O=C(CCCBr)Oc1c(-c2ccccc2)oc2ccccc2c1=O. The van der Waals surface area contributed by atoms with Crippen LogP contribution >= 0.6 is 15.9 Å². The van der Waals surface area contributed by atoms with Gasteiger partial charge >= 0.3 is 5.97 Å². The van der Waals surface area contributed by atoms with Gasteiger partial charge in [0.05, 0.1) is 5.39 Å². The minimum absolute atomic E-state index is 0.0560. The average Bonchev–Trinajstić information content (AvgIpc) is 2.63. The number of benzene rings is 2. The van der Waals surface area contributed by atoms with Gasteiger partial charge in [0.1, 0.15) is 5.58 Å². The fourth-order valence-electron chi connectivity index (χ4n) is 2.37. The van der Waals surface area contributed by atoms with E-state index >= 15 is 0 Å². The van der Waals surface area contributed by atoms with Gasteiger partial charge in [-0.05, 0) is 18.6 Å². The zero-order valence-electron chi connectivity index (χ0n) is 12.8. The summed E-state index contributed by atoms with van der Waals surface area (Å²) < 4.78 is 11.3. The van der Waals surface area contributed by atoms with Crippen LogP contribution in [0.4, 0.5) is 0 Å². The van der Waals surface area contributed by atoms with Crippen LogP contribution in [0.2, 0.25) is 0 Å². The van der Waals surface area contributed by atoms with Crippen LogP contribution < -0.4 is 10.2 Å². The Morgan fingerprint density at radius 3 is 2.50 bits per heavy atom. The maximum Gasteiger partial charge on any atom is 0.311 e. The number of esters is 1. The molecule has 0 aliphatic rings. The van der Waals surface area contributed by atoms with Crippen LogP contribution in [0, 0.1) is 0 Å². The van der Waals surface area contributed by atoms with E-state index < -0.39 is 5.97 Å². The maximum absolute atomic E-state index is 12.8. The average molecular weight is 387 g/mol. The molecule has 0 radical (unpaired) electrons. The smallest absolute Gasteiger partial charge is 0.311 e. The van der Waals surface area contributed by atoms with Crippen LogP contribution in [0.1, 0.15) is 12.8 Å². The molecule has 1 aromatic heterocycles. The minimum atomic E-state index is -0.450. The van der Waals surface area contributed by atoms with E-state index in [0.29, 0.717) is 28.3 Å². The van der Waals surface area contributed by atoms with Crippen molar-refractivity contribution in [2.24, 2.45) is 0 Å². The van der Waals surface area contributed by atoms with E-state index in [1.807, 2.05) is 30.3 Å². The Kier molecular flexibility index (Phi) is 5.11. The summed E-state index contributed by atoms with van der Waals surface area (Å²) in [6.45, 7) is 0. The van der Waals surface area contributed by atoms with Crippen molar-refractivity contribution in [3.05, 3.63) is 64.8 Å². The van der Waals surface area contributed by atoms with Gasteiger partial charge in [-0.1, -0.05) is 58.4 Å². The van der Waals surface area contributed by atoms with Crippen molar-refractivity contribution in [1.82, 2.24) is 0 Å². The molecule has 0 fully saturated rings. The molecule has 0 amide bonds. The summed E-state index contributed by atoms with van der Waals surface area (Å²) >= 11 is 3.27. The summed E-state index contributed by atoms with van der Waals surface area (Å²) in [5.41, 5.74) is 0.799. The predicted octanol–water partition coefficient (Wildman–Crippen LogP) is 4.54. The molecule has 4 nitrogen and oxygen atoms in total. The summed E-state index contributed by atoms with van der Waals surface area (Å²) in [6, 6.07) is 16.1. The molecule has 1 heterocycles. The topological polar surface area (TPSA) is 56.5 Å². The Hall–Kier alpha value is -2.40. The van der Waals surface area contributed by atoms with Crippen molar-refractivity contribution in [2.75, 3.05) is 5.33 Å². The van der Waals surface area contributed by atoms with Gasteiger partial charge in [-0.15, -0.1) is 0 Å². The number of alkyl halides is 1. The van der Waals surface area contributed by atoms with E-state index in [4.69, 9.17) is 9.15 Å². The van der Waals surface area contributed by atoms with Crippen molar-refractivity contribution >= 4 is 32.9 Å². The third kappa shape index (κ3) is 3.41. The Morgan fingerprint density at radius 1 is 1.04 bits per heavy atom. The quantitative estimate of drug-likeness (QED) is 0.477. The molecule has 0 saturated heterocycles. The Morgan fingerprint density at radius 2 is 1.75 bits per heavy atom. The highest BCUT2D eigenvalue weighted by Gasteiger charge is 2.20. The van der Waals surface area contributed by atoms with Crippen LogP contribution in [-0.2, 0) is 4.79 Å². The number of hydrogen-bond donors (Lipinski definition) is 0. The van der Waals surface area contributed by atoms with Gasteiger partial charge in [-0.25, -0.2) is 0 Å². The van der Waals surface area contributed by atoms with Gasteiger partial charge in [0.15, 0.2) is 5.76 Å². The van der Waals surface area contributed by atoms with E-state index in [1.54, 1.807) is 24.3 Å². The molecular weight excluding hydrogens is 372 g/mol. The van der Waals surface area contributed by atoms with E-state index in [9.17, 15) is 9.59 Å². The van der Waals surface area contributed by atoms with Crippen molar-refractivity contribution in [1.29, 1.82) is 0 Å². The highest BCUT2D eigenvalue weighted by atomic mass is 79.9. The second-order valence-electron chi connectivity index (χ2n) is 5.22. The van der Waals surface area contributed by atoms with Crippen molar-refractivity contribution in [3.8, 4) is 17.1 Å². The zero-order chi connectivity index (χ0) is 16.9. The van der Waals surface area contributed by atoms with Gasteiger partial charge in [0.25, 0.3) is 0 Å². The third-order valence-corrected chi connectivity index (χ3v) is 4.08. The first-order valence-electron chi connectivity index (χ1n) is 7.58. The Balaban J connectivity index is 2.15. The van der Waals surface area contributed by atoms with Crippen LogP contribution in [0.5, 0.6) is 5.75 Å². The number of ether oxygens (including phenoxy) is 1. The summed E-state index contributed by atoms with van der Waals surface area (Å²) in [5.74, 6) is -0.236. The number of rotatable bonds is 5. The number of carbonyl (C=O) groups is 1. The number of carbonyl (C=O) groups excluding carboxylic acids is 1. The highest BCUT2D eigenvalue weighted by molar-refractivity contribution is 9.09. The number of hydrogen-bond acceptors (Lipinski definition) is 4. The maximum atomic E-state index is 12.8. The van der Waals surface area contributed by atoms with Crippen molar-refractivity contribution in [3.63, 3.8) is 0 Å². The molecule has 24 heavy (non-hydrogen) atoms. The largest absolute Gasteiger partial charge is 0.452 e. The lowest BCUT2D eigenvalue weighted by Gasteiger charge is -2.10. The molecule has 0 bridgehead atoms. The normalized spacial score (nSPS) is 10.7. The first-order chi connectivity index (χ1) is 11.7. The number of halogens is 1. The summed E-state index contributed by atoms with van der Waals surface area (Å²) in [4.78, 5) is 24.8. The van der Waals surface area contributed by atoms with Crippen molar-refractivity contribution in [2.45, 2.75) is 12.8 Å². The molecular formula is C19H15BrO4. The Labute approximate surface area is 147 Å². The minimum Gasteiger partial charge on any atom is -0.452 e. The number of para-hydroxylation sites is 1. The van der Waals surface area contributed by atoms with Crippen molar-refractivity contribution < 1.29 is 13.9 Å². The van der Waals surface area contributed by atoms with E-state index in [-0.39, 0.29) is 23.4 Å². The standard InChI is InChI=1S/C19H15BrO4/c20-12-6-11-16(21)24-19-17(22)14-9-4-5-10-15(14)23-18(19)13-7-2-1-3-8-13/h1-5,7-10H,6,11-12H2. The van der Waals surface area contributed by atoms with Gasteiger partial charge < -0.3 is 9.15 Å². The van der Waals surface area contributed by atoms with E-state index in [2.05, 4.69) is 15.9 Å². The Bertz CT molecular complexity index is 916. The second kappa shape index (κ2) is 7.45. The third-order valence-electron chi connectivity index (χ3n) is 3.52. The molecule has 0 atom stereocenters. The van der Waals surface area contributed by atoms with E-state index in [1.165, 1.54) is 0 Å². The lowest BCUT2D eigenvalue weighted by Crippen LogP contribution is -2.16. The predicted molar refractivity (Wildman–Crippen MR) is 96.6 cm³/mol. The summed E-state index contributed by atoms with van der Waals surface area (Å²) in [7, 11) is 0. The summed E-state index contributed by atoms with van der Waals surface area (Å²) in [5, 5.41) is 1.08. The molecule has 0 spiro atoms. The lowest BCUT2D eigenvalue weighted by atomic mass is 10.1. The van der Waals surface area contributed by atoms with Gasteiger partial charge in [0, 0.05) is 17.3 Å². The molecule has 0 N–H and O–H groups in total. The summed E-state index contributed by atoms with van der Waals surface area (Å²) in [6.07, 6.45) is 0.865. The molecule has 0 aliphatic carbocycles. The lowest BCUT2D eigenvalue weighted by molar-refractivity contribution is -0.134. The molecule has 3 aromatic rings. The monoisotopic (exact) mass is 386 g/mol. The van der Waals surface area contributed by atoms with Crippen LogP contribution in [0.15, 0.2) is 63.8 Å². The fourth-order valence-corrected chi connectivity index (χ4v) is 2.65. The first kappa shape index (κ1) is 16.5. The van der Waals surface area contributed by atoms with Gasteiger partial charge in [0.2, 0.25) is 11.2 Å². The molecule has 5 heteroatoms. The molecule has 3 rings (SSSR count). The van der Waals surface area contributed by atoms with Crippen LogP contribution in [0.3, 0.4) is 0 Å². The van der Waals surface area contributed by atoms with E-state index in [0.717, 1.165) is 0 Å². The molecule has 0 aliphatic heterocycles. The van der Waals surface area contributed by atoms with Crippen LogP contribution in [-0.4, -0.2) is 11.3 Å². The zero-order valence-corrected chi connectivity index (χ0v) is 14.4.